The molecule has 0 aromatic rings. The van der Waals surface area contributed by atoms with Crippen LogP contribution in [0.25, 0.3) is 0 Å². The summed E-state index contributed by atoms with van der Waals surface area (Å²) in [6.45, 7) is 0. The van der Waals surface area contributed by atoms with Gasteiger partial charge in [-0.3, -0.25) is 0 Å². The topological polar surface area (TPSA) is 0 Å². The fraction of sp³-hybridized carbons (Fsp3) is 0. The van der Waals surface area contributed by atoms with Gasteiger partial charge in [-0.1, -0.05) is 0 Å². The average Bonchev–Trinajstić information content (AvgIpc) is 0. The van der Waals surface area contributed by atoms with Crippen LogP contribution in [0, 0.1) is 0 Å². The summed E-state index contributed by atoms with van der Waals surface area (Å²) in [5.41, 5.74) is 0. The number of rotatable bonds is 0. The van der Waals surface area contributed by atoms with Gasteiger partial charge in [-0.25, -0.2) is 0 Å². The van der Waals surface area contributed by atoms with Gasteiger partial charge in [0, 0.05) is 39.0 Å². The molecule has 0 fully saturated rings. The van der Waals surface area contributed by atoms with Crippen molar-refractivity contribution in [1.82, 2.24) is 0 Å². The Kier molecular flexibility index (Phi) is 236. The van der Waals surface area contributed by atoms with E-state index in [2.05, 4.69) is 0 Å². The maximum Gasteiger partial charge on any atom is 0.316 e. The van der Waals surface area contributed by atoms with Gasteiger partial charge in [0.1, 0.15) is 0 Å². The van der Waals surface area contributed by atoms with Gasteiger partial charge in [0.2, 0.25) is 0 Å². The zero-order valence-corrected chi connectivity index (χ0v) is 7.35. The standard InChI is InChI=1S/2Al.Mg.2Zn.8H. The fourth-order valence-electron chi connectivity index (χ4n) is 0. The predicted molar refractivity (Wildman–Crippen MR) is 28.4 cm³/mol. The van der Waals surface area contributed by atoms with Crippen LogP contribution in [0.2, 0.25) is 0 Å². The van der Waals surface area contributed by atoms with Crippen molar-refractivity contribution in [3.63, 3.8) is 0 Å². The third-order valence-corrected chi connectivity index (χ3v) is 0. The zero-order valence-electron chi connectivity index (χ0n) is 1.41. The first-order valence-electron chi connectivity index (χ1n) is 0. The molecule has 0 N–H and O–H groups in total. The van der Waals surface area contributed by atoms with Crippen molar-refractivity contribution < 1.29 is 39.0 Å². The van der Waals surface area contributed by atoms with Gasteiger partial charge in [0.25, 0.3) is 0 Å². The smallest absolute Gasteiger partial charge is 0 e. The molecule has 20 valence electrons. The Hall–Kier alpha value is 3.08. The molecule has 0 radical (unpaired) electrons. The van der Waals surface area contributed by atoms with Gasteiger partial charge in [0.15, 0.2) is 34.7 Å². The van der Waals surface area contributed by atoms with Gasteiger partial charge in [0.05, 0.1) is 0 Å². The van der Waals surface area contributed by atoms with Crippen LogP contribution in [0.5, 0.6) is 0 Å². The van der Waals surface area contributed by atoms with Gasteiger partial charge < -0.3 is 0 Å². The van der Waals surface area contributed by atoms with Gasteiger partial charge in [-0.2, -0.15) is 0 Å². The van der Waals surface area contributed by atoms with Crippen LogP contribution in [0.4, 0.5) is 0 Å². The van der Waals surface area contributed by atoms with E-state index in [1.807, 2.05) is 0 Å². The zero-order chi connectivity index (χ0) is 0. The van der Waals surface area contributed by atoms with Crippen LogP contribution in [-0.4, -0.2) is 57.8 Å². The summed E-state index contributed by atoms with van der Waals surface area (Å²) >= 11 is 0. The summed E-state index contributed by atoms with van der Waals surface area (Å²) in [7, 11) is 0. The molecule has 5 heteroatoms. The third-order valence-electron chi connectivity index (χ3n) is 0. The van der Waals surface area contributed by atoms with E-state index < -0.39 is 0 Å². The molecule has 0 atom stereocenters. The molecule has 5 heavy (non-hydrogen) atoms. The molecule has 0 bridgehead atoms. The molecule has 0 nitrogen and oxygen atoms in total. The van der Waals surface area contributed by atoms with Gasteiger partial charge >= 0.3 is 23.1 Å². The van der Waals surface area contributed by atoms with Gasteiger partial charge in [-0.15, -0.1) is 0 Å². The quantitative estimate of drug-likeness (QED) is 0.373. The molecule has 0 aromatic carbocycles. The first-order chi connectivity index (χ1) is 0. The maximum absolute atomic E-state index is 0. The summed E-state index contributed by atoms with van der Waals surface area (Å²) in [6.07, 6.45) is 0. The maximum atomic E-state index is 0. The molecule has 0 saturated heterocycles. The normalized spacial score (nSPS) is 0. The molecule has 0 aromatic heterocycles. The van der Waals surface area contributed by atoms with E-state index in [0.29, 0.717) is 0 Å². The monoisotopic (exact) mass is 214 g/mol. The van der Waals surface area contributed by atoms with E-state index in [0.717, 1.165) is 0 Å². The minimum Gasteiger partial charge on any atom is 0 e. The van der Waals surface area contributed by atoms with E-state index in [4.69, 9.17) is 0 Å². The van der Waals surface area contributed by atoms with Crippen LogP contribution >= 0.6 is 0 Å². The Bertz CT molecular complexity index is 7.61. The molecular weight excluding hydrogens is 209 g/mol. The molecular formula is H8Al2MgZn2. The van der Waals surface area contributed by atoms with Crippen molar-refractivity contribution in [3.8, 4) is 0 Å². The molecule has 0 unspecified atom stereocenters. The Morgan fingerprint density at radius 2 is 0.600 bits per heavy atom. The van der Waals surface area contributed by atoms with Gasteiger partial charge in [-0.05, 0) is 0 Å². The average molecular weight is 217 g/mol. The third kappa shape index (κ3) is 19.3. The van der Waals surface area contributed by atoms with E-state index in [-0.39, 0.29) is 96.7 Å². The minimum absolute atomic E-state index is 0. The minimum atomic E-state index is 0. The Morgan fingerprint density at radius 3 is 0.600 bits per heavy atom. The first-order valence-corrected chi connectivity index (χ1v) is 0. The second kappa shape index (κ2) is 27.6. The molecule has 0 aliphatic heterocycles. The second-order valence-electron chi connectivity index (χ2n) is 0. The Morgan fingerprint density at radius 1 is 0.600 bits per heavy atom. The molecule has 0 spiro atoms. The van der Waals surface area contributed by atoms with Crippen LogP contribution in [0.3, 0.4) is 0 Å². The molecule has 0 aliphatic rings. The van der Waals surface area contributed by atoms with Crippen molar-refractivity contribution in [2.75, 3.05) is 0 Å². The predicted octanol–water partition coefficient (Wildman–Crippen LogP) is -3.29. The van der Waals surface area contributed by atoms with Crippen molar-refractivity contribution in [1.29, 1.82) is 0 Å². The van der Waals surface area contributed by atoms with Crippen molar-refractivity contribution >= 4 is 57.8 Å². The van der Waals surface area contributed by atoms with Crippen LogP contribution in [-0.2, 0) is 39.0 Å². The van der Waals surface area contributed by atoms with Crippen molar-refractivity contribution in [2.24, 2.45) is 0 Å². The summed E-state index contributed by atoms with van der Waals surface area (Å²) in [5, 5.41) is 0. The Balaban J connectivity index is 0. The molecule has 0 amide bonds. The summed E-state index contributed by atoms with van der Waals surface area (Å²) < 4.78 is 0. The van der Waals surface area contributed by atoms with Crippen molar-refractivity contribution in [3.05, 3.63) is 0 Å². The van der Waals surface area contributed by atoms with E-state index >= 15 is 0 Å². The largest absolute Gasteiger partial charge is 0.316 e. The molecule has 0 heterocycles. The summed E-state index contributed by atoms with van der Waals surface area (Å²) in [5.74, 6) is 0. The summed E-state index contributed by atoms with van der Waals surface area (Å²) in [6, 6.07) is 0. The number of hydrogen-bond donors (Lipinski definition) is 0. The second-order valence-corrected chi connectivity index (χ2v) is 0. The van der Waals surface area contributed by atoms with E-state index in [1.54, 1.807) is 0 Å². The SMILES string of the molecule is [AlH3].[AlH3].[MgH2].[Zn].[Zn]. The molecule has 0 saturated carbocycles. The van der Waals surface area contributed by atoms with Crippen LogP contribution in [0.15, 0.2) is 0 Å². The van der Waals surface area contributed by atoms with Crippen LogP contribution < -0.4 is 0 Å². The Labute approximate surface area is 95.2 Å². The van der Waals surface area contributed by atoms with Crippen LogP contribution in [0.1, 0.15) is 0 Å². The van der Waals surface area contributed by atoms with Crippen molar-refractivity contribution in [2.45, 2.75) is 0 Å². The van der Waals surface area contributed by atoms with E-state index in [9.17, 15) is 0 Å². The van der Waals surface area contributed by atoms with E-state index in [1.165, 1.54) is 0 Å². The fourth-order valence-corrected chi connectivity index (χ4v) is 0. The summed E-state index contributed by atoms with van der Waals surface area (Å²) in [4.78, 5) is 0. The first kappa shape index (κ1) is 42.7. The molecule has 0 aliphatic carbocycles. The molecule has 0 rings (SSSR count). The number of hydrogen-bond acceptors (Lipinski definition) is 0.